The van der Waals surface area contributed by atoms with Crippen molar-refractivity contribution in [3.05, 3.63) is 36.3 Å². The molecule has 1 aromatic heterocycles. The highest BCUT2D eigenvalue weighted by atomic mass is 19.3. The van der Waals surface area contributed by atoms with E-state index in [4.69, 9.17) is 4.74 Å². The Kier molecular flexibility index (Phi) is 5.39. The number of hydrogen-bond donors (Lipinski definition) is 2. The number of nitrogens with zero attached hydrogens (tertiary/aromatic N) is 3. The summed E-state index contributed by atoms with van der Waals surface area (Å²) in [5, 5.41) is 21.7. The van der Waals surface area contributed by atoms with Crippen LogP contribution >= 0.6 is 0 Å². The number of aromatic nitrogens is 3. The lowest BCUT2D eigenvalue weighted by atomic mass is 9.91. The normalized spacial score (nSPS) is 27.9. The molecule has 3 atom stereocenters. The van der Waals surface area contributed by atoms with Crippen molar-refractivity contribution in [2.24, 2.45) is 0 Å². The van der Waals surface area contributed by atoms with Crippen LogP contribution in [0.1, 0.15) is 25.7 Å². The van der Waals surface area contributed by atoms with Crippen LogP contribution < -0.4 is 5.32 Å². The average Bonchev–Trinajstić information content (AvgIpc) is 3.25. The van der Waals surface area contributed by atoms with Crippen molar-refractivity contribution in [3.8, 4) is 11.3 Å². The number of aliphatic hydroxyl groups excluding tert-OH is 1. The predicted molar refractivity (Wildman–Crippen MR) is 95.3 cm³/mol. The number of hydrogen-bond acceptors (Lipinski definition) is 5. The minimum Gasteiger partial charge on any atom is -0.389 e. The van der Waals surface area contributed by atoms with Gasteiger partial charge in [0.25, 0.3) is 0 Å². The molecule has 6 nitrogen and oxygen atoms in total. The molecule has 0 radical (unpaired) electrons. The maximum absolute atomic E-state index is 13.4. The smallest absolute Gasteiger partial charge is 0.248 e. The zero-order valence-electron chi connectivity index (χ0n) is 15.3. The molecule has 2 aliphatic rings. The Morgan fingerprint density at radius 1 is 1.29 bits per heavy atom. The standard InChI is InChI=1S/C19H23F3N4O2/c20-13-3-1-2-12(8-13)15-9-26(25-24-15)10-17-18(16(27)11-28-17)23-14-4-6-19(21,22)7-5-14/h1-3,8-9,14,16-18,23,27H,4-7,10-11H2/t16-,17+,18+/m0/s1. The molecule has 0 spiro atoms. The summed E-state index contributed by atoms with van der Waals surface area (Å²) in [5.41, 5.74) is 1.16. The van der Waals surface area contributed by atoms with E-state index in [1.807, 2.05) is 0 Å². The first-order chi connectivity index (χ1) is 13.4. The van der Waals surface area contributed by atoms with Gasteiger partial charge in [-0.2, -0.15) is 0 Å². The molecular weight excluding hydrogens is 373 g/mol. The third-order valence-corrected chi connectivity index (χ3v) is 5.47. The third kappa shape index (κ3) is 4.37. The number of aliphatic hydroxyl groups is 1. The van der Waals surface area contributed by atoms with Crippen LogP contribution in [0.2, 0.25) is 0 Å². The molecule has 0 bridgehead atoms. The van der Waals surface area contributed by atoms with E-state index in [1.54, 1.807) is 23.0 Å². The van der Waals surface area contributed by atoms with Crippen molar-refractivity contribution in [1.29, 1.82) is 0 Å². The van der Waals surface area contributed by atoms with Gasteiger partial charge in [-0.25, -0.2) is 17.9 Å². The van der Waals surface area contributed by atoms with Crippen LogP contribution in [0.4, 0.5) is 13.2 Å². The van der Waals surface area contributed by atoms with Gasteiger partial charge in [0.15, 0.2) is 0 Å². The summed E-state index contributed by atoms with van der Waals surface area (Å²) in [6.07, 6.45) is 1.09. The maximum atomic E-state index is 13.4. The fourth-order valence-electron chi connectivity index (χ4n) is 3.89. The molecule has 2 N–H and O–H groups in total. The molecule has 0 amide bonds. The van der Waals surface area contributed by atoms with Gasteiger partial charge < -0.3 is 15.2 Å². The highest BCUT2D eigenvalue weighted by molar-refractivity contribution is 5.57. The van der Waals surface area contributed by atoms with Crippen molar-refractivity contribution in [2.75, 3.05) is 6.61 Å². The SMILES string of the molecule is O[C@H]1CO[C@H](Cn2cc(-c3cccc(F)c3)nn2)[C@@H]1NC1CCC(F)(F)CC1. The topological polar surface area (TPSA) is 72.2 Å². The highest BCUT2D eigenvalue weighted by Gasteiger charge is 2.40. The maximum Gasteiger partial charge on any atom is 0.248 e. The number of nitrogens with one attached hydrogen (secondary N) is 1. The minimum atomic E-state index is -2.59. The first kappa shape index (κ1) is 19.4. The molecule has 4 rings (SSSR count). The van der Waals surface area contributed by atoms with Gasteiger partial charge in [0.05, 0.1) is 37.6 Å². The van der Waals surface area contributed by atoms with E-state index in [0.717, 1.165) is 0 Å². The second kappa shape index (κ2) is 7.81. The zero-order valence-corrected chi connectivity index (χ0v) is 15.3. The summed E-state index contributed by atoms with van der Waals surface area (Å²) in [6.45, 7) is 0.524. The van der Waals surface area contributed by atoms with Gasteiger partial charge in [-0.1, -0.05) is 17.3 Å². The molecule has 2 heterocycles. The molecule has 1 aromatic carbocycles. The van der Waals surface area contributed by atoms with E-state index in [0.29, 0.717) is 30.6 Å². The molecule has 28 heavy (non-hydrogen) atoms. The van der Waals surface area contributed by atoms with Gasteiger partial charge in [0.2, 0.25) is 5.92 Å². The first-order valence-corrected chi connectivity index (χ1v) is 9.49. The van der Waals surface area contributed by atoms with Crippen molar-refractivity contribution >= 4 is 0 Å². The largest absolute Gasteiger partial charge is 0.389 e. The van der Waals surface area contributed by atoms with Crippen molar-refractivity contribution < 1.29 is 23.0 Å². The Bertz CT molecular complexity index is 806. The van der Waals surface area contributed by atoms with E-state index >= 15 is 0 Å². The molecule has 2 aromatic rings. The Hall–Kier alpha value is -1.97. The van der Waals surface area contributed by atoms with E-state index in [2.05, 4.69) is 15.6 Å². The monoisotopic (exact) mass is 396 g/mol. The lowest BCUT2D eigenvalue weighted by molar-refractivity contribution is -0.0428. The zero-order chi connectivity index (χ0) is 19.7. The Morgan fingerprint density at radius 3 is 2.82 bits per heavy atom. The van der Waals surface area contributed by atoms with Gasteiger partial charge in [-0.05, 0) is 25.0 Å². The van der Waals surface area contributed by atoms with E-state index in [1.165, 1.54) is 12.1 Å². The van der Waals surface area contributed by atoms with Gasteiger partial charge in [0.1, 0.15) is 11.5 Å². The molecule has 152 valence electrons. The summed E-state index contributed by atoms with van der Waals surface area (Å²) in [4.78, 5) is 0. The van der Waals surface area contributed by atoms with Gasteiger partial charge in [-0.15, -0.1) is 5.10 Å². The molecule has 9 heteroatoms. The summed E-state index contributed by atoms with van der Waals surface area (Å²) in [6, 6.07) is 5.66. The van der Waals surface area contributed by atoms with Gasteiger partial charge in [0, 0.05) is 24.4 Å². The Balaban J connectivity index is 1.40. The Labute approximate surface area is 160 Å². The van der Waals surface area contributed by atoms with Crippen LogP contribution in [0.5, 0.6) is 0 Å². The highest BCUT2D eigenvalue weighted by Crippen LogP contribution is 2.33. The van der Waals surface area contributed by atoms with Crippen molar-refractivity contribution in [3.63, 3.8) is 0 Å². The number of ether oxygens (including phenoxy) is 1. The van der Waals surface area contributed by atoms with Crippen LogP contribution in [0.25, 0.3) is 11.3 Å². The minimum absolute atomic E-state index is 0.0675. The van der Waals surface area contributed by atoms with Crippen LogP contribution in [0.3, 0.4) is 0 Å². The second-order valence-corrected chi connectivity index (χ2v) is 7.60. The molecule has 1 saturated heterocycles. The molecule has 0 unspecified atom stereocenters. The van der Waals surface area contributed by atoms with Crippen LogP contribution in [-0.2, 0) is 11.3 Å². The van der Waals surface area contributed by atoms with Gasteiger partial charge >= 0.3 is 0 Å². The lowest BCUT2D eigenvalue weighted by Crippen LogP contribution is -2.51. The van der Waals surface area contributed by atoms with Crippen LogP contribution in [-0.4, -0.2) is 56.9 Å². The van der Waals surface area contributed by atoms with E-state index in [-0.39, 0.29) is 43.5 Å². The first-order valence-electron chi connectivity index (χ1n) is 9.49. The second-order valence-electron chi connectivity index (χ2n) is 7.60. The predicted octanol–water partition coefficient (Wildman–Crippen LogP) is 2.38. The number of halogens is 3. The number of rotatable bonds is 5. The molecule has 1 aliphatic carbocycles. The quantitative estimate of drug-likeness (QED) is 0.812. The fourth-order valence-corrected chi connectivity index (χ4v) is 3.89. The molecular formula is C19H23F3N4O2. The summed E-state index contributed by atoms with van der Waals surface area (Å²) in [5.74, 6) is -2.94. The lowest BCUT2D eigenvalue weighted by Gasteiger charge is -2.33. The van der Waals surface area contributed by atoms with Crippen molar-refractivity contribution in [2.45, 2.75) is 62.4 Å². The Morgan fingerprint density at radius 2 is 2.07 bits per heavy atom. The van der Waals surface area contributed by atoms with Crippen molar-refractivity contribution in [1.82, 2.24) is 20.3 Å². The summed E-state index contributed by atoms with van der Waals surface area (Å²) >= 11 is 0. The average molecular weight is 396 g/mol. The molecule has 1 aliphatic heterocycles. The van der Waals surface area contributed by atoms with Crippen LogP contribution in [0, 0.1) is 5.82 Å². The third-order valence-electron chi connectivity index (χ3n) is 5.47. The number of benzene rings is 1. The fraction of sp³-hybridized carbons (Fsp3) is 0.579. The van der Waals surface area contributed by atoms with Crippen LogP contribution in [0.15, 0.2) is 30.5 Å². The van der Waals surface area contributed by atoms with E-state index < -0.39 is 12.0 Å². The molecule has 2 fully saturated rings. The summed E-state index contributed by atoms with van der Waals surface area (Å²) in [7, 11) is 0. The number of alkyl halides is 2. The van der Waals surface area contributed by atoms with Gasteiger partial charge in [-0.3, -0.25) is 0 Å². The van der Waals surface area contributed by atoms with E-state index in [9.17, 15) is 18.3 Å². The molecule has 1 saturated carbocycles. The summed E-state index contributed by atoms with van der Waals surface area (Å²) < 4.78 is 47.4.